The summed E-state index contributed by atoms with van der Waals surface area (Å²) in [6.45, 7) is 19.2. The van der Waals surface area contributed by atoms with Crippen molar-refractivity contribution >= 4 is 11.9 Å². The highest BCUT2D eigenvalue weighted by molar-refractivity contribution is 5.84. The van der Waals surface area contributed by atoms with Gasteiger partial charge in [-0.2, -0.15) is 0 Å². The Morgan fingerprint density at radius 3 is 2.19 bits per heavy atom. The van der Waals surface area contributed by atoms with Crippen LogP contribution in [0.1, 0.15) is 120 Å². The fourth-order valence-corrected chi connectivity index (χ4v) is 13.5. The highest BCUT2D eigenvalue weighted by Gasteiger charge is 2.73. The van der Waals surface area contributed by atoms with Crippen LogP contribution in [0.3, 0.4) is 0 Å². The summed E-state index contributed by atoms with van der Waals surface area (Å²) in [4.78, 5) is 26.9. The summed E-state index contributed by atoms with van der Waals surface area (Å²) in [7, 11) is 0. The molecule has 9 heteroatoms. The van der Waals surface area contributed by atoms with Crippen molar-refractivity contribution in [3.63, 3.8) is 0 Å². The third-order valence-electron chi connectivity index (χ3n) is 16.1. The Morgan fingerprint density at radius 2 is 1.52 bits per heavy atom. The molecule has 270 valence electrons. The number of carboxylic acid groups (broad SMARTS) is 2. The van der Waals surface area contributed by atoms with E-state index in [2.05, 4.69) is 47.6 Å². The number of hydrogen-bond donors (Lipinski definition) is 3. The maximum Gasteiger partial charge on any atom is 0.314 e. The van der Waals surface area contributed by atoms with Crippen molar-refractivity contribution in [2.45, 2.75) is 163 Å². The van der Waals surface area contributed by atoms with Gasteiger partial charge in [-0.05, 0) is 124 Å². The fraction of sp³-hybridized carbons (Fsp3) is 0.897. The van der Waals surface area contributed by atoms with Crippen LogP contribution in [0.4, 0.5) is 0 Å². The molecule has 48 heavy (non-hydrogen) atoms. The first-order chi connectivity index (χ1) is 22.3. The predicted molar refractivity (Wildman–Crippen MR) is 178 cm³/mol. The molecule has 7 aliphatic rings. The normalized spacial score (nSPS) is 53.6. The average molecular weight is 673 g/mol. The molecule has 0 bridgehead atoms. The SMILES string of the molecule is CC1CC[C@]2(C(=O)O)CC[C@]3(C(=O)O)C(=CC[C@H]4[C@@]5(C)CCC(OC6OC(C)C7OC(C)(C)OC7C6O)C(C)(C)[C@H]5CC[C@]43C)[C@H]2C1C. The van der Waals surface area contributed by atoms with Gasteiger partial charge in [0.1, 0.15) is 18.3 Å². The maximum absolute atomic E-state index is 13.9. The van der Waals surface area contributed by atoms with Crippen molar-refractivity contribution in [2.75, 3.05) is 0 Å². The first-order valence-electron chi connectivity index (χ1n) is 18.8. The summed E-state index contributed by atoms with van der Waals surface area (Å²) in [5.41, 5.74) is -1.92. The summed E-state index contributed by atoms with van der Waals surface area (Å²) in [5.74, 6) is -1.69. The Morgan fingerprint density at radius 1 is 0.833 bits per heavy atom. The van der Waals surface area contributed by atoms with E-state index in [-0.39, 0.29) is 52.8 Å². The van der Waals surface area contributed by atoms with Gasteiger partial charge in [-0.25, -0.2) is 0 Å². The second kappa shape index (κ2) is 11.0. The lowest BCUT2D eigenvalue weighted by atomic mass is 9.33. The first kappa shape index (κ1) is 34.9. The number of aliphatic carboxylic acids is 2. The van der Waals surface area contributed by atoms with Crippen LogP contribution in [-0.2, 0) is 28.5 Å². The largest absolute Gasteiger partial charge is 0.481 e. The van der Waals surface area contributed by atoms with Crippen molar-refractivity contribution in [1.29, 1.82) is 0 Å². The van der Waals surface area contributed by atoms with Gasteiger partial charge in [-0.15, -0.1) is 0 Å². The van der Waals surface area contributed by atoms with Crippen molar-refractivity contribution in [1.82, 2.24) is 0 Å². The van der Waals surface area contributed by atoms with E-state index < -0.39 is 52.5 Å². The Balaban J connectivity index is 1.20. The summed E-state index contributed by atoms with van der Waals surface area (Å²) in [6, 6.07) is 0. The number of rotatable bonds is 4. The van der Waals surface area contributed by atoms with Gasteiger partial charge in [0.2, 0.25) is 0 Å². The summed E-state index contributed by atoms with van der Waals surface area (Å²) in [5, 5.41) is 33.5. The summed E-state index contributed by atoms with van der Waals surface area (Å²) < 4.78 is 25.1. The molecule has 3 N–H and O–H groups in total. The van der Waals surface area contributed by atoms with Crippen molar-refractivity contribution < 1.29 is 43.9 Å². The third kappa shape index (κ3) is 4.45. The van der Waals surface area contributed by atoms with Crippen LogP contribution in [-0.4, -0.2) is 69.9 Å². The van der Waals surface area contributed by atoms with Crippen LogP contribution in [0, 0.1) is 56.7 Å². The van der Waals surface area contributed by atoms with Crippen LogP contribution in [0.25, 0.3) is 0 Å². The lowest BCUT2D eigenvalue weighted by molar-refractivity contribution is -0.312. The number of fused-ring (bicyclic) bond motifs is 8. The van der Waals surface area contributed by atoms with E-state index >= 15 is 0 Å². The van der Waals surface area contributed by atoms with Gasteiger partial charge < -0.3 is 34.3 Å². The Hall–Kier alpha value is -1.52. The highest BCUT2D eigenvalue weighted by Crippen LogP contribution is 2.76. The third-order valence-corrected chi connectivity index (χ3v) is 16.1. The Bertz CT molecular complexity index is 1370. The molecule has 0 spiro atoms. The molecule has 0 aromatic carbocycles. The number of hydrogen-bond acceptors (Lipinski definition) is 7. The quantitative estimate of drug-likeness (QED) is 0.218. The van der Waals surface area contributed by atoms with Crippen LogP contribution in [0.2, 0.25) is 0 Å². The zero-order valence-electron chi connectivity index (χ0n) is 30.6. The smallest absolute Gasteiger partial charge is 0.314 e. The molecular weight excluding hydrogens is 612 g/mol. The average Bonchev–Trinajstić information content (AvgIpc) is 3.34. The van der Waals surface area contributed by atoms with E-state index in [0.29, 0.717) is 25.2 Å². The molecular formula is C39H60O9. The minimum absolute atomic E-state index is 0.112. The second-order valence-corrected chi connectivity index (χ2v) is 18.7. The molecule has 2 aliphatic heterocycles. The van der Waals surface area contributed by atoms with Crippen LogP contribution < -0.4 is 0 Å². The molecule has 0 radical (unpaired) electrons. The number of ether oxygens (including phenoxy) is 4. The van der Waals surface area contributed by atoms with Gasteiger partial charge in [0, 0.05) is 0 Å². The number of allylic oxidation sites excluding steroid dienone is 1. The fourth-order valence-electron chi connectivity index (χ4n) is 13.5. The van der Waals surface area contributed by atoms with Crippen LogP contribution in [0.15, 0.2) is 11.6 Å². The predicted octanol–water partition coefficient (Wildman–Crippen LogP) is 6.80. The van der Waals surface area contributed by atoms with Crippen molar-refractivity contribution in [3.8, 4) is 0 Å². The van der Waals surface area contributed by atoms with Crippen LogP contribution in [0.5, 0.6) is 0 Å². The van der Waals surface area contributed by atoms with Gasteiger partial charge in [0.05, 0.1) is 23.0 Å². The van der Waals surface area contributed by atoms with Crippen LogP contribution >= 0.6 is 0 Å². The number of carbonyl (C=O) groups is 2. The van der Waals surface area contributed by atoms with E-state index in [0.717, 1.165) is 44.1 Å². The van der Waals surface area contributed by atoms with Crippen molar-refractivity contribution in [2.24, 2.45) is 56.7 Å². The van der Waals surface area contributed by atoms with E-state index in [4.69, 9.17) is 18.9 Å². The van der Waals surface area contributed by atoms with Crippen molar-refractivity contribution in [3.05, 3.63) is 11.6 Å². The molecule has 0 aromatic rings. The van der Waals surface area contributed by atoms with E-state index in [1.54, 1.807) is 0 Å². The maximum atomic E-state index is 13.9. The van der Waals surface area contributed by atoms with E-state index in [1.807, 2.05) is 20.8 Å². The molecule has 2 saturated heterocycles. The van der Waals surface area contributed by atoms with Gasteiger partial charge in [0.15, 0.2) is 12.1 Å². The first-order valence-corrected chi connectivity index (χ1v) is 18.8. The molecule has 6 fully saturated rings. The van der Waals surface area contributed by atoms with Gasteiger partial charge in [-0.3, -0.25) is 9.59 Å². The highest BCUT2D eigenvalue weighted by atomic mass is 16.8. The minimum atomic E-state index is -1.07. The summed E-state index contributed by atoms with van der Waals surface area (Å²) >= 11 is 0. The van der Waals surface area contributed by atoms with E-state index in [1.165, 1.54) is 0 Å². The number of aliphatic hydroxyl groups is 1. The monoisotopic (exact) mass is 672 g/mol. The number of carboxylic acids is 2. The zero-order valence-corrected chi connectivity index (χ0v) is 30.6. The van der Waals surface area contributed by atoms with Gasteiger partial charge in [-0.1, -0.05) is 53.2 Å². The molecule has 8 unspecified atom stereocenters. The second-order valence-electron chi connectivity index (χ2n) is 18.7. The van der Waals surface area contributed by atoms with Gasteiger partial charge >= 0.3 is 11.9 Å². The van der Waals surface area contributed by atoms with E-state index in [9.17, 15) is 24.9 Å². The van der Waals surface area contributed by atoms with Gasteiger partial charge in [0.25, 0.3) is 0 Å². The lowest BCUT2D eigenvalue weighted by Gasteiger charge is -2.70. The summed E-state index contributed by atoms with van der Waals surface area (Å²) in [6.07, 6.45) is 5.50. The molecule has 4 saturated carbocycles. The molecule has 2 heterocycles. The minimum Gasteiger partial charge on any atom is -0.481 e. The molecule has 7 rings (SSSR count). The molecule has 0 amide bonds. The Kier molecular flexibility index (Phi) is 7.99. The Labute approximate surface area is 286 Å². The molecule has 5 aliphatic carbocycles. The lowest BCUT2D eigenvalue weighted by Crippen LogP contribution is -2.68. The molecule has 15 atom stereocenters. The topological polar surface area (TPSA) is 132 Å². The zero-order chi connectivity index (χ0) is 35.0. The molecule has 0 aromatic heterocycles. The standard InChI is InChI=1S/C39H60O9/c1-20-12-17-38(32(41)42)18-19-39(33(43)44)23(27(38)21(20)2)10-11-25-36(8)15-14-26(34(4,5)24(36)13-16-37(25,39)9)46-31-28(40)30-29(22(3)45-31)47-35(6,7)48-30/h10,20-22,24-31,40H,11-19H2,1-9H3,(H,41,42)(H,43,44)/t20?,21?,22?,24-,25+,26?,27-,28?,29?,30?,31?,36+,37-,38+,39-/m1/s1. The molecule has 9 nitrogen and oxygen atoms in total. The number of aliphatic hydroxyl groups excluding tert-OH is 1.